The predicted molar refractivity (Wildman–Crippen MR) is 77.7 cm³/mol. The third-order valence-corrected chi connectivity index (χ3v) is 4.05. The number of benzene rings is 2. The third-order valence-electron chi connectivity index (χ3n) is 2.92. The van der Waals surface area contributed by atoms with Gasteiger partial charge in [-0.25, -0.2) is 8.42 Å². The van der Waals surface area contributed by atoms with E-state index < -0.39 is 32.2 Å². The Labute approximate surface area is 134 Å². The van der Waals surface area contributed by atoms with Gasteiger partial charge in [0.25, 0.3) is 5.69 Å². The molecule has 128 valence electrons. The molecule has 0 aliphatic carbocycles. The molecule has 0 saturated heterocycles. The van der Waals surface area contributed by atoms with Gasteiger partial charge in [0.1, 0.15) is 11.5 Å². The molecule has 6 nitrogen and oxygen atoms in total. The minimum absolute atomic E-state index is 0.00451. The molecular formula is C14H10F3NO5S. The lowest BCUT2D eigenvalue weighted by Gasteiger charge is -2.10. The molecule has 0 aliphatic heterocycles. The average molecular weight is 361 g/mol. The fraction of sp³-hybridized carbons (Fsp3) is 0.143. The summed E-state index contributed by atoms with van der Waals surface area (Å²) in [4.78, 5) is 9.80. The molecule has 0 spiro atoms. The molecule has 2 rings (SSSR count). The summed E-state index contributed by atoms with van der Waals surface area (Å²) in [5.74, 6) is -0.348. The normalized spacial score (nSPS) is 12.0. The van der Waals surface area contributed by atoms with E-state index in [0.717, 1.165) is 12.3 Å². The first-order valence-corrected chi connectivity index (χ1v) is 8.20. The van der Waals surface area contributed by atoms with Crippen LogP contribution in [0.3, 0.4) is 0 Å². The lowest BCUT2D eigenvalue weighted by Crippen LogP contribution is -2.06. The Morgan fingerprint density at radius 3 is 2.08 bits per heavy atom. The van der Waals surface area contributed by atoms with E-state index in [1.165, 1.54) is 24.3 Å². The van der Waals surface area contributed by atoms with Crippen molar-refractivity contribution in [3.8, 4) is 11.5 Å². The number of alkyl halides is 3. The van der Waals surface area contributed by atoms with Gasteiger partial charge in [0.05, 0.1) is 21.4 Å². The fourth-order valence-electron chi connectivity index (χ4n) is 1.80. The molecule has 0 fully saturated rings. The van der Waals surface area contributed by atoms with Crippen LogP contribution >= 0.6 is 0 Å². The quantitative estimate of drug-likeness (QED) is 0.610. The molecule has 24 heavy (non-hydrogen) atoms. The summed E-state index contributed by atoms with van der Waals surface area (Å²) in [7, 11) is -3.43. The van der Waals surface area contributed by atoms with Crippen LogP contribution in [0.25, 0.3) is 0 Å². The highest BCUT2D eigenvalue weighted by atomic mass is 32.2. The molecule has 0 amide bonds. The number of ether oxygens (including phenoxy) is 1. The lowest BCUT2D eigenvalue weighted by molar-refractivity contribution is -0.385. The molecule has 0 unspecified atom stereocenters. The number of nitrogens with zero attached hydrogens (tertiary/aromatic N) is 1. The number of nitro benzene ring substituents is 1. The number of hydrogen-bond acceptors (Lipinski definition) is 5. The summed E-state index contributed by atoms with van der Waals surface area (Å²) in [6.45, 7) is 0. The Morgan fingerprint density at radius 2 is 1.62 bits per heavy atom. The molecule has 0 atom stereocenters. The Bertz CT molecular complexity index is 876. The predicted octanol–water partition coefficient (Wildman–Crippen LogP) is 3.81. The van der Waals surface area contributed by atoms with E-state index in [0.29, 0.717) is 12.1 Å². The minimum atomic E-state index is -4.77. The molecule has 0 bridgehead atoms. The standard InChI is InChI=1S/C14H10F3NO5S/c1-24(21,22)13-4-2-11(3-5-13)23-12-7-9(14(15,16)17)6-10(8-12)18(19)20/h2-8H,1H3. The number of halogens is 3. The highest BCUT2D eigenvalue weighted by Gasteiger charge is 2.33. The van der Waals surface area contributed by atoms with Crippen molar-refractivity contribution >= 4 is 15.5 Å². The molecule has 2 aromatic carbocycles. The summed E-state index contributed by atoms with van der Waals surface area (Å²) < 4.78 is 66.2. The first-order valence-electron chi connectivity index (χ1n) is 6.31. The van der Waals surface area contributed by atoms with Crippen LogP contribution in [0.1, 0.15) is 5.56 Å². The van der Waals surface area contributed by atoms with Gasteiger partial charge >= 0.3 is 6.18 Å². The van der Waals surface area contributed by atoms with Crippen molar-refractivity contribution < 1.29 is 31.2 Å². The van der Waals surface area contributed by atoms with Crippen LogP contribution in [0.4, 0.5) is 18.9 Å². The molecule has 0 aromatic heterocycles. The van der Waals surface area contributed by atoms with Crippen LogP contribution in [0, 0.1) is 10.1 Å². The van der Waals surface area contributed by atoms with Crippen molar-refractivity contribution in [1.82, 2.24) is 0 Å². The second-order valence-corrected chi connectivity index (χ2v) is 6.83. The zero-order valence-electron chi connectivity index (χ0n) is 12.1. The first kappa shape index (κ1) is 17.7. The molecule has 0 aliphatic rings. The molecule has 0 radical (unpaired) electrons. The van der Waals surface area contributed by atoms with Crippen LogP contribution in [0.5, 0.6) is 11.5 Å². The van der Waals surface area contributed by atoms with E-state index in [-0.39, 0.29) is 16.4 Å². The highest BCUT2D eigenvalue weighted by molar-refractivity contribution is 7.90. The van der Waals surface area contributed by atoms with E-state index in [1.54, 1.807) is 0 Å². The second-order valence-electron chi connectivity index (χ2n) is 4.82. The summed E-state index contributed by atoms with van der Waals surface area (Å²) in [5, 5.41) is 10.8. The molecule has 0 N–H and O–H groups in total. The van der Waals surface area contributed by atoms with Gasteiger partial charge in [0.15, 0.2) is 9.84 Å². The molecule has 0 heterocycles. The average Bonchev–Trinajstić information content (AvgIpc) is 2.45. The monoisotopic (exact) mass is 361 g/mol. The summed E-state index contributed by atoms with van der Waals surface area (Å²) in [6.07, 6.45) is -3.77. The van der Waals surface area contributed by atoms with Crippen LogP contribution < -0.4 is 4.74 Å². The van der Waals surface area contributed by atoms with Crippen LogP contribution in [0.2, 0.25) is 0 Å². The van der Waals surface area contributed by atoms with Crippen molar-refractivity contribution in [2.24, 2.45) is 0 Å². The Hall–Kier alpha value is -2.62. The van der Waals surface area contributed by atoms with E-state index in [2.05, 4.69) is 0 Å². The highest BCUT2D eigenvalue weighted by Crippen LogP contribution is 2.36. The molecular weight excluding hydrogens is 351 g/mol. The first-order chi connectivity index (χ1) is 11.0. The zero-order chi connectivity index (χ0) is 18.1. The van der Waals surface area contributed by atoms with Gasteiger partial charge in [0, 0.05) is 12.3 Å². The van der Waals surface area contributed by atoms with Gasteiger partial charge < -0.3 is 4.74 Å². The summed E-state index contributed by atoms with van der Waals surface area (Å²) in [5.41, 5.74) is -1.99. The fourth-order valence-corrected chi connectivity index (χ4v) is 2.43. The van der Waals surface area contributed by atoms with Gasteiger partial charge in [-0.05, 0) is 30.3 Å². The smallest absolute Gasteiger partial charge is 0.416 e. The maximum Gasteiger partial charge on any atom is 0.416 e. The van der Waals surface area contributed by atoms with Crippen LogP contribution in [0.15, 0.2) is 47.4 Å². The maximum atomic E-state index is 12.8. The second kappa shape index (κ2) is 6.11. The number of non-ortho nitro benzene ring substituents is 1. The van der Waals surface area contributed by atoms with Crippen LogP contribution in [-0.4, -0.2) is 19.6 Å². The Morgan fingerprint density at radius 1 is 1.04 bits per heavy atom. The summed E-state index contributed by atoms with van der Waals surface area (Å²) in [6, 6.07) is 6.78. The van der Waals surface area contributed by atoms with E-state index >= 15 is 0 Å². The van der Waals surface area contributed by atoms with Crippen LogP contribution in [-0.2, 0) is 16.0 Å². The SMILES string of the molecule is CS(=O)(=O)c1ccc(Oc2cc([N+](=O)[O-])cc(C(F)(F)F)c2)cc1. The van der Waals surface area contributed by atoms with Gasteiger partial charge in [-0.2, -0.15) is 13.2 Å². The van der Waals surface area contributed by atoms with Crippen molar-refractivity contribution in [2.75, 3.05) is 6.26 Å². The van der Waals surface area contributed by atoms with Crippen molar-refractivity contribution in [3.63, 3.8) is 0 Å². The summed E-state index contributed by atoms with van der Waals surface area (Å²) >= 11 is 0. The van der Waals surface area contributed by atoms with E-state index in [1.807, 2.05) is 0 Å². The van der Waals surface area contributed by atoms with Crippen molar-refractivity contribution in [1.29, 1.82) is 0 Å². The minimum Gasteiger partial charge on any atom is -0.457 e. The molecule has 2 aromatic rings. The van der Waals surface area contributed by atoms with Crippen molar-refractivity contribution in [2.45, 2.75) is 11.1 Å². The Kier molecular flexibility index (Phi) is 4.52. The van der Waals surface area contributed by atoms with Gasteiger partial charge in [-0.1, -0.05) is 0 Å². The molecule has 10 heteroatoms. The number of hydrogen-bond donors (Lipinski definition) is 0. The maximum absolute atomic E-state index is 12.8. The topological polar surface area (TPSA) is 86.5 Å². The third kappa shape index (κ3) is 4.22. The van der Waals surface area contributed by atoms with Gasteiger partial charge in [0.2, 0.25) is 0 Å². The zero-order valence-corrected chi connectivity index (χ0v) is 12.9. The number of rotatable bonds is 4. The lowest BCUT2D eigenvalue weighted by atomic mass is 10.2. The molecule has 0 saturated carbocycles. The van der Waals surface area contributed by atoms with Gasteiger partial charge in [-0.3, -0.25) is 10.1 Å². The van der Waals surface area contributed by atoms with E-state index in [4.69, 9.17) is 4.74 Å². The number of sulfone groups is 1. The Balaban J connectivity index is 2.38. The largest absolute Gasteiger partial charge is 0.457 e. The van der Waals surface area contributed by atoms with Gasteiger partial charge in [-0.15, -0.1) is 0 Å². The number of nitro groups is 1. The van der Waals surface area contributed by atoms with Crippen molar-refractivity contribution in [3.05, 3.63) is 58.1 Å². The van der Waals surface area contributed by atoms with E-state index in [9.17, 15) is 31.7 Å².